The Labute approximate surface area is 169 Å². The van der Waals surface area contributed by atoms with Crippen LogP contribution >= 0.6 is 0 Å². The van der Waals surface area contributed by atoms with E-state index in [2.05, 4.69) is 12.2 Å². The highest BCUT2D eigenvalue weighted by molar-refractivity contribution is 6.06. The van der Waals surface area contributed by atoms with E-state index in [1.807, 2.05) is 60.7 Å². The summed E-state index contributed by atoms with van der Waals surface area (Å²) >= 11 is 0. The van der Waals surface area contributed by atoms with Crippen molar-refractivity contribution in [2.45, 2.75) is 18.4 Å². The van der Waals surface area contributed by atoms with Gasteiger partial charge in [0.1, 0.15) is 5.76 Å². The summed E-state index contributed by atoms with van der Waals surface area (Å²) in [5.74, 6) is -0.652. The van der Waals surface area contributed by atoms with Gasteiger partial charge < -0.3 is 4.42 Å². The molecule has 4 heteroatoms. The molecule has 0 unspecified atom stereocenters. The van der Waals surface area contributed by atoms with Crippen LogP contribution in [0.2, 0.25) is 0 Å². The Hall–Kier alpha value is -3.40. The lowest BCUT2D eigenvalue weighted by molar-refractivity contribution is -0.141. The summed E-state index contributed by atoms with van der Waals surface area (Å²) in [5, 5.41) is 0. The van der Waals surface area contributed by atoms with Gasteiger partial charge in [0.2, 0.25) is 11.8 Å². The number of carbonyl (C=O) groups is 2. The molecule has 0 radical (unpaired) electrons. The molecule has 5 rings (SSSR count). The van der Waals surface area contributed by atoms with Crippen molar-refractivity contribution < 1.29 is 14.0 Å². The van der Waals surface area contributed by atoms with Gasteiger partial charge in [-0.2, -0.15) is 0 Å². The van der Waals surface area contributed by atoms with Gasteiger partial charge in [0.05, 0.1) is 24.6 Å². The lowest BCUT2D eigenvalue weighted by Crippen LogP contribution is -2.31. The molecular weight excluding hydrogens is 362 g/mol. The highest BCUT2D eigenvalue weighted by Crippen LogP contribution is 2.49. The van der Waals surface area contributed by atoms with Crippen molar-refractivity contribution in [1.29, 1.82) is 0 Å². The minimum Gasteiger partial charge on any atom is -0.467 e. The minimum absolute atomic E-state index is 0.112. The second-order valence-corrected chi connectivity index (χ2v) is 7.65. The summed E-state index contributed by atoms with van der Waals surface area (Å²) in [6.45, 7) is 0.181. The maximum absolute atomic E-state index is 13.5. The number of fused-ring (bicyclic) bond motifs is 1. The van der Waals surface area contributed by atoms with E-state index in [0.717, 1.165) is 11.1 Å². The Bertz CT molecular complexity index is 973. The molecule has 1 aromatic heterocycles. The smallest absolute Gasteiger partial charge is 0.234 e. The largest absolute Gasteiger partial charge is 0.467 e. The van der Waals surface area contributed by atoms with E-state index < -0.39 is 11.8 Å². The number of nitrogens with zero attached hydrogens (tertiary/aromatic N) is 1. The number of hydrogen-bond acceptors (Lipinski definition) is 3. The van der Waals surface area contributed by atoms with Gasteiger partial charge in [-0.25, -0.2) is 0 Å². The topological polar surface area (TPSA) is 50.5 Å². The summed E-state index contributed by atoms with van der Waals surface area (Å²) in [5.41, 5.74) is 2.12. The predicted octanol–water partition coefficient (Wildman–Crippen LogP) is 4.52. The van der Waals surface area contributed by atoms with Gasteiger partial charge in [-0.1, -0.05) is 72.8 Å². The van der Waals surface area contributed by atoms with Crippen molar-refractivity contribution >= 4 is 11.8 Å². The van der Waals surface area contributed by atoms with Gasteiger partial charge in [0.15, 0.2) is 0 Å². The van der Waals surface area contributed by atoms with Crippen molar-refractivity contribution in [3.8, 4) is 0 Å². The first-order chi connectivity index (χ1) is 14.2. The summed E-state index contributed by atoms with van der Waals surface area (Å²) in [7, 11) is 0. The standard InChI is InChI=1S/C25H21NO3/c27-24-22-20(17-8-3-1-4-9-17)13-14-21(18-10-5-2-6-11-18)23(22)25(28)26(24)16-19-12-7-15-29-19/h1-15,20-23H,16H2/t20-,21+,22+,23-. The van der Waals surface area contributed by atoms with Crippen molar-refractivity contribution in [1.82, 2.24) is 4.90 Å². The van der Waals surface area contributed by atoms with E-state index >= 15 is 0 Å². The molecular formula is C25H21NO3. The van der Waals surface area contributed by atoms with Gasteiger partial charge in [-0.3, -0.25) is 14.5 Å². The molecule has 2 aliphatic rings. The zero-order chi connectivity index (χ0) is 19.8. The number of hydrogen-bond donors (Lipinski definition) is 0. The summed E-state index contributed by atoms with van der Waals surface area (Å²) in [6.07, 6.45) is 5.78. The van der Waals surface area contributed by atoms with Crippen LogP contribution in [0.4, 0.5) is 0 Å². The highest BCUT2D eigenvalue weighted by Gasteiger charge is 2.55. The first kappa shape index (κ1) is 17.7. The number of furan rings is 1. The lowest BCUT2D eigenvalue weighted by atomic mass is 9.68. The fourth-order valence-corrected chi connectivity index (χ4v) is 4.71. The lowest BCUT2D eigenvalue weighted by Gasteiger charge is -2.32. The van der Waals surface area contributed by atoms with Crippen molar-refractivity contribution in [3.63, 3.8) is 0 Å². The molecule has 1 aliphatic heterocycles. The third-order valence-electron chi connectivity index (χ3n) is 6.05. The first-order valence-corrected chi connectivity index (χ1v) is 9.90. The molecule has 4 atom stereocenters. The molecule has 144 valence electrons. The van der Waals surface area contributed by atoms with Crippen LogP contribution in [0.5, 0.6) is 0 Å². The Morgan fingerprint density at radius 3 is 1.66 bits per heavy atom. The van der Waals surface area contributed by atoms with Crippen molar-refractivity contribution in [3.05, 3.63) is 108 Å². The van der Waals surface area contributed by atoms with Crippen molar-refractivity contribution in [2.75, 3.05) is 0 Å². The van der Waals surface area contributed by atoms with Crippen LogP contribution in [-0.4, -0.2) is 16.7 Å². The first-order valence-electron chi connectivity index (χ1n) is 9.90. The number of carbonyl (C=O) groups excluding carboxylic acids is 2. The molecule has 2 amide bonds. The zero-order valence-corrected chi connectivity index (χ0v) is 15.8. The Morgan fingerprint density at radius 2 is 1.21 bits per heavy atom. The second-order valence-electron chi connectivity index (χ2n) is 7.65. The molecule has 0 N–H and O–H groups in total. The zero-order valence-electron chi connectivity index (χ0n) is 15.8. The number of benzene rings is 2. The van der Waals surface area contributed by atoms with Crippen LogP contribution in [0.15, 0.2) is 95.6 Å². The van der Waals surface area contributed by atoms with Crippen LogP contribution in [0.1, 0.15) is 28.7 Å². The molecule has 2 heterocycles. The number of imide groups is 1. The van der Waals surface area contributed by atoms with E-state index in [4.69, 9.17) is 4.42 Å². The molecule has 1 aliphatic carbocycles. The molecule has 0 spiro atoms. The Morgan fingerprint density at radius 1 is 0.690 bits per heavy atom. The van der Waals surface area contributed by atoms with Gasteiger partial charge in [0, 0.05) is 11.8 Å². The SMILES string of the molecule is O=C1[C@@H]2[C@H](C(=O)N1Cc1ccco1)[C@H](c1ccccc1)C=C[C@@H]2c1ccccc1. The molecule has 1 saturated heterocycles. The van der Waals surface area contributed by atoms with Gasteiger partial charge in [-0.05, 0) is 23.3 Å². The number of rotatable bonds is 4. The normalized spacial score (nSPS) is 26.0. The average molecular weight is 383 g/mol. The fourth-order valence-electron chi connectivity index (χ4n) is 4.71. The monoisotopic (exact) mass is 383 g/mol. The molecule has 4 nitrogen and oxygen atoms in total. The summed E-state index contributed by atoms with van der Waals surface area (Å²) < 4.78 is 5.41. The average Bonchev–Trinajstić information content (AvgIpc) is 3.38. The maximum atomic E-state index is 13.5. The van der Waals surface area contributed by atoms with Crippen LogP contribution in [-0.2, 0) is 16.1 Å². The van der Waals surface area contributed by atoms with E-state index in [1.165, 1.54) is 4.90 Å². The number of likely N-dealkylation sites (tertiary alicyclic amines) is 1. The molecule has 0 bridgehead atoms. The minimum atomic E-state index is -0.407. The highest BCUT2D eigenvalue weighted by atomic mass is 16.3. The van der Waals surface area contributed by atoms with E-state index in [0.29, 0.717) is 5.76 Å². The van der Waals surface area contributed by atoms with E-state index in [-0.39, 0.29) is 30.2 Å². The molecule has 3 aromatic rings. The van der Waals surface area contributed by atoms with Gasteiger partial charge in [0.25, 0.3) is 0 Å². The number of allylic oxidation sites excluding steroid dienone is 2. The quantitative estimate of drug-likeness (QED) is 0.492. The Balaban J connectivity index is 1.57. The maximum Gasteiger partial charge on any atom is 0.234 e. The van der Waals surface area contributed by atoms with Crippen LogP contribution in [0.3, 0.4) is 0 Å². The van der Waals surface area contributed by atoms with E-state index in [1.54, 1.807) is 18.4 Å². The Kier molecular flexibility index (Phi) is 4.39. The predicted molar refractivity (Wildman–Crippen MR) is 109 cm³/mol. The number of amides is 2. The molecule has 0 saturated carbocycles. The summed E-state index contributed by atoms with van der Waals surface area (Å²) in [4.78, 5) is 28.3. The third-order valence-corrected chi connectivity index (χ3v) is 6.05. The summed E-state index contributed by atoms with van der Waals surface area (Å²) in [6, 6.07) is 23.5. The molecule has 1 fully saturated rings. The van der Waals surface area contributed by atoms with Crippen molar-refractivity contribution in [2.24, 2.45) is 11.8 Å². The van der Waals surface area contributed by atoms with Crippen LogP contribution in [0.25, 0.3) is 0 Å². The van der Waals surface area contributed by atoms with Gasteiger partial charge in [-0.15, -0.1) is 0 Å². The van der Waals surface area contributed by atoms with Gasteiger partial charge >= 0.3 is 0 Å². The third kappa shape index (κ3) is 3.01. The van der Waals surface area contributed by atoms with Crippen LogP contribution in [0, 0.1) is 11.8 Å². The van der Waals surface area contributed by atoms with Crippen LogP contribution < -0.4 is 0 Å². The molecule has 29 heavy (non-hydrogen) atoms. The fraction of sp³-hybridized carbons (Fsp3) is 0.200. The second kappa shape index (κ2) is 7.21. The molecule has 2 aromatic carbocycles. The van der Waals surface area contributed by atoms with E-state index in [9.17, 15) is 9.59 Å².